The van der Waals surface area contributed by atoms with E-state index in [9.17, 15) is 0 Å². The summed E-state index contributed by atoms with van der Waals surface area (Å²) in [5.41, 5.74) is 1.39. The molecule has 0 aromatic heterocycles. The molecule has 22 heavy (non-hydrogen) atoms. The summed E-state index contributed by atoms with van der Waals surface area (Å²) in [6.07, 6.45) is 2.83. The maximum Gasteiger partial charge on any atom is 0.0175 e. The van der Waals surface area contributed by atoms with Gasteiger partial charge in [-0.2, -0.15) is 0 Å². The van der Waals surface area contributed by atoms with Crippen LogP contribution < -0.4 is 0 Å². The summed E-state index contributed by atoms with van der Waals surface area (Å²) in [5.74, 6) is 0.632. The summed E-state index contributed by atoms with van der Waals surface area (Å²) in [6.45, 7) is 11.6. The van der Waals surface area contributed by atoms with Crippen LogP contribution in [0.1, 0.15) is 74.3 Å². The van der Waals surface area contributed by atoms with Gasteiger partial charge in [-0.3, -0.25) is 0 Å². The van der Waals surface area contributed by atoms with E-state index in [0.717, 1.165) is 10.5 Å². The minimum absolute atomic E-state index is 0. The Morgan fingerprint density at radius 1 is 0.864 bits per heavy atom. The standard InChI is InChI=1S/C9H11Br.C7H15N.3CH4.Y/c1-7(2)8-3-5-9(10)6-4-8;1-7(2)8-5-3-4-6-8;;;;/h3-7H,1-2H3;7H,3-6H2,1-2H3;3*1H4;. The third-order valence-electron chi connectivity index (χ3n) is 3.41. The quantitative estimate of drug-likeness (QED) is 0.472. The normalized spacial score (nSPS) is 13.0. The van der Waals surface area contributed by atoms with Crippen molar-refractivity contribution in [1.82, 2.24) is 4.90 Å². The molecule has 1 aliphatic rings. The summed E-state index contributed by atoms with van der Waals surface area (Å²) in [6, 6.07) is 9.23. The zero-order valence-corrected chi connectivity index (χ0v) is 17.1. The SMILES string of the molecule is C.C.C.CC(C)N1CCCC1.CC(C)c1ccc(Br)cc1.[Y]. The van der Waals surface area contributed by atoms with Gasteiger partial charge in [0.2, 0.25) is 0 Å². The van der Waals surface area contributed by atoms with Crippen LogP contribution in [0.15, 0.2) is 28.7 Å². The largest absolute Gasteiger partial charge is 0.301 e. The molecule has 1 aliphatic heterocycles. The van der Waals surface area contributed by atoms with Gasteiger partial charge in [-0.25, -0.2) is 0 Å². The first-order valence-corrected chi connectivity index (χ1v) is 7.79. The first-order chi connectivity index (χ1) is 8.50. The molecule has 1 aromatic carbocycles. The van der Waals surface area contributed by atoms with Crippen molar-refractivity contribution in [2.24, 2.45) is 0 Å². The van der Waals surface area contributed by atoms with Gasteiger partial charge in [-0.1, -0.05) is 64.2 Å². The fourth-order valence-corrected chi connectivity index (χ4v) is 2.37. The van der Waals surface area contributed by atoms with Crippen molar-refractivity contribution >= 4 is 15.9 Å². The summed E-state index contributed by atoms with van der Waals surface area (Å²) in [4.78, 5) is 2.53. The third-order valence-corrected chi connectivity index (χ3v) is 3.94. The van der Waals surface area contributed by atoms with Gasteiger partial charge in [0.15, 0.2) is 0 Å². The smallest absolute Gasteiger partial charge is 0.0175 e. The summed E-state index contributed by atoms with van der Waals surface area (Å²) >= 11 is 3.39. The van der Waals surface area contributed by atoms with Crippen LogP contribution in [-0.2, 0) is 32.7 Å². The van der Waals surface area contributed by atoms with Crippen LogP contribution in [0, 0.1) is 0 Å². The fourth-order valence-electron chi connectivity index (χ4n) is 2.11. The number of likely N-dealkylation sites (tertiary alicyclic amines) is 1. The molecule has 0 atom stereocenters. The molecular formula is C19H38BrNY. The van der Waals surface area contributed by atoms with Crippen molar-refractivity contribution in [3.63, 3.8) is 0 Å². The molecule has 0 N–H and O–H groups in total. The average Bonchev–Trinajstić information content (AvgIpc) is 2.84. The molecule has 0 spiro atoms. The molecule has 0 unspecified atom stereocenters. The predicted molar refractivity (Wildman–Crippen MR) is 104 cm³/mol. The molecule has 0 aliphatic carbocycles. The molecule has 0 amide bonds. The van der Waals surface area contributed by atoms with Crippen molar-refractivity contribution in [2.45, 2.75) is 74.8 Å². The maximum absolute atomic E-state index is 3.39. The molecule has 1 heterocycles. The zero-order valence-electron chi connectivity index (χ0n) is 12.7. The van der Waals surface area contributed by atoms with E-state index in [2.05, 4.69) is 72.8 Å². The molecule has 1 aromatic rings. The van der Waals surface area contributed by atoms with E-state index in [-0.39, 0.29) is 55.0 Å². The number of rotatable bonds is 2. The van der Waals surface area contributed by atoms with Crippen LogP contribution in [0.5, 0.6) is 0 Å². The minimum Gasteiger partial charge on any atom is -0.301 e. The Morgan fingerprint density at radius 2 is 1.27 bits per heavy atom. The molecule has 1 nitrogen and oxygen atoms in total. The van der Waals surface area contributed by atoms with Crippen LogP contribution >= 0.6 is 15.9 Å². The third kappa shape index (κ3) is 12.2. The molecule has 3 heteroatoms. The Morgan fingerprint density at radius 3 is 1.55 bits per heavy atom. The first-order valence-electron chi connectivity index (χ1n) is 7.00. The van der Waals surface area contributed by atoms with Crippen LogP contribution in [0.3, 0.4) is 0 Å². The molecule has 0 bridgehead atoms. The van der Waals surface area contributed by atoms with Gasteiger partial charge in [0.25, 0.3) is 0 Å². The van der Waals surface area contributed by atoms with Crippen LogP contribution in [0.25, 0.3) is 0 Å². The Hall–Kier alpha value is 0.764. The van der Waals surface area contributed by atoms with Crippen LogP contribution in [-0.4, -0.2) is 24.0 Å². The van der Waals surface area contributed by atoms with Gasteiger partial charge in [-0.05, 0) is 63.4 Å². The molecule has 0 saturated carbocycles. The number of halogens is 1. The predicted octanol–water partition coefficient (Wildman–Crippen LogP) is 6.97. The molecule has 129 valence electrons. The van der Waals surface area contributed by atoms with Crippen molar-refractivity contribution in [3.05, 3.63) is 34.3 Å². The van der Waals surface area contributed by atoms with E-state index >= 15 is 0 Å². The first kappa shape index (κ1) is 30.6. The number of hydrogen-bond donors (Lipinski definition) is 0. The number of hydrogen-bond acceptors (Lipinski definition) is 1. The van der Waals surface area contributed by atoms with Crippen molar-refractivity contribution in [1.29, 1.82) is 0 Å². The van der Waals surface area contributed by atoms with E-state index < -0.39 is 0 Å². The monoisotopic (exact) mass is 448 g/mol. The van der Waals surface area contributed by atoms with Crippen LogP contribution in [0.4, 0.5) is 0 Å². The Labute approximate surface area is 174 Å². The summed E-state index contributed by atoms with van der Waals surface area (Å²) in [5, 5.41) is 0. The Bertz CT molecular complexity index is 330. The number of nitrogens with zero attached hydrogens (tertiary/aromatic N) is 1. The second-order valence-electron chi connectivity index (χ2n) is 5.54. The Kier molecular flexibility index (Phi) is 23.1. The summed E-state index contributed by atoms with van der Waals surface area (Å²) in [7, 11) is 0. The van der Waals surface area contributed by atoms with E-state index in [1.807, 2.05) is 0 Å². The van der Waals surface area contributed by atoms with Gasteiger partial charge in [0, 0.05) is 43.2 Å². The van der Waals surface area contributed by atoms with Crippen molar-refractivity contribution in [3.8, 4) is 0 Å². The van der Waals surface area contributed by atoms with Crippen LogP contribution in [0.2, 0.25) is 0 Å². The zero-order chi connectivity index (χ0) is 13.5. The molecular weight excluding hydrogens is 411 g/mol. The average molecular weight is 449 g/mol. The second kappa shape index (κ2) is 16.6. The van der Waals surface area contributed by atoms with Crippen molar-refractivity contribution in [2.75, 3.05) is 13.1 Å². The van der Waals surface area contributed by atoms with Gasteiger partial charge in [0.1, 0.15) is 0 Å². The molecule has 1 saturated heterocycles. The van der Waals surface area contributed by atoms with Gasteiger partial charge < -0.3 is 4.90 Å². The summed E-state index contributed by atoms with van der Waals surface area (Å²) < 4.78 is 1.15. The van der Waals surface area contributed by atoms with E-state index in [1.165, 1.54) is 31.5 Å². The van der Waals surface area contributed by atoms with Gasteiger partial charge in [0.05, 0.1) is 0 Å². The minimum atomic E-state index is 0. The molecule has 2 rings (SSSR count). The van der Waals surface area contributed by atoms with E-state index in [0.29, 0.717) is 5.92 Å². The van der Waals surface area contributed by atoms with Gasteiger partial charge >= 0.3 is 0 Å². The topological polar surface area (TPSA) is 3.24 Å². The number of benzene rings is 1. The van der Waals surface area contributed by atoms with Crippen molar-refractivity contribution < 1.29 is 32.7 Å². The Balaban J connectivity index is -0.000000126. The van der Waals surface area contributed by atoms with E-state index in [4.69, 9.17) is 0 Å². The fraction of sp³-hybridized carbons (Fsp3) is 0.684. The second-order valence-corrected chi connectivity index (χ2v) is 6.46. The molecule has 1 radical (unpaired) electrons. The maximum atomic E-state index is 3.39. The molecule has 1 fully saturated rings. The van der Waals surface area contributed by atoms with E-state index in [1.54, 1.807) is 0 Å². The van der Waals surface area contributed by atoms with Gasteiger partial charge in [-0.15, -0.1) is 0 Å².